The Morgan fingerprint density at radius 2 is 2.00 bits per heavy atom. The van der Waals surface area contributed by atoms with Gasteiger partial charge in [-0.1, -0.05) is 18.2 Å². The number of hydrogen-bond acceptors (Lipinski definition) is 3. The van der Waals surface area contributed by atoms with Gasteiger partial charge in [-0.25, -0.2) is 4.39 Å². The summed E-state index contributed by atoms with van der Waals surface area (Å²) in [5.41, 5.74) is 3.22. The van der Waals surface area contributed by atoms with Crippen molar-refractivity contribution in [3.8, 4) is 0 Å². The van der Waals surface area contributed by atoms with E-state index in [1.54, 1.807) is 6.07 Å². The normalized spacial score (nSPS) is 24.4. The molecule has 0 N–H and O–H groups in total. The zero-order valence-corrected chi connectivity index (χ0v) is 14.9. The molecule has 25 heavy (non-hydrogen) atoms. The SMILES string of the molecule is Cc1c(F)cccc1CN1C[C@H]2CC[C@@H]1CN(Cc1cccnc1)C2. The molecule has 4 heterocycles. The molecule has 3 fully saturated rings. The average molecular weight is 339 g/mol. The number of benzene rings is 1. The summed E-state index contributed by atoms with van der Waals surface area (Å²) in [7, 11) is 0. The molecule has 3 nitrogen and oxygen atoms in total. The third-order valence-electron chi connectivity index (χ3n) is 5.78. The highest BCUT2D eigenvalue weighted by molar-refractivity contribution is 5.27. The molecule has 0 saturated carbocycles. The molecule has 2 bridgehead atoms. The van der Waals surface area contributed by atoms with Crippen molar-refractivity contribution < 1.29 is 4.39 Å². The molecule has 1 aromatic heterocycles. The van der Waals surface area contributed by atoms with Crippen LogP contribution in [0.4, 0.5) is 4.39 Å². The number of aromatic nitrogens is 1. The fourth-order valence-corrected chi connectivity index (χ4v) is 4.39. The highest BCUT2D eigenvalue weighted by Crippen LogP contribution is 2.30. The molecule has 3 saturated heterocycles. The standard InChI is InChI=1S/C21H26FN3/c1-16-19(5-2-6-21(16)22)14-25-13-18-7-8-20(25)15-24(12-18)11-17-4-3-9-23-10-17/h2-6,9-10,18,20H,7-8,11-15H2,1H3/t18-,20+/m0/s1. The summed E-state index contributed by atoms with van der Waals surface area (Å²) in [4.78, 5) is 9.41. The predicted molar refractivity (Wildman–Crippen MR) is 97.6 cm³/mol. The molecule has 132 valence electrons. The molecule has 0 unspecified atom stereocenters. The molecule has 2 aromatic rings. The minimum atomic E-state index is -0.0873. The van der Waals surface area contributed by atoms with Gasteiger partial charge in [0.05, 0.1) is 0 Å². The van der Waals surface area contributed by atoms with E-state index in [-0.39, 0.29) is 5.82 Å². The molecule has 4 heteroatoms. The molecule has 3 aliphatic rings. The van der Waals surface area contributed by atoms with E-state index in [9.17, 15) is 4.39 Å². The Balaban J connectivity index is 1.47. The highest BCUT2D eigenvalue weighted by Gasteiger charge is 2.34. The lowest BCUT2D eigenvalue weighted by atomic mass is 9.94. The molecule has 0 amide bonds. The van der Waals surface area contributed by atoms with E-state index in [2.05, 4.69) is 26.9 Å². The summed E-state index contributed by atoms with van der Waals surface area (Å²) in [6, 6.07) is 10.2. The van der Waals surface area contributed by atoms with Crippen LogP contribution in [-0.2, 0) is 13.1 Å². The van der Waals surface area contributed by atoms with Crippen molar-refractivity contribution in [2.75, 3.05) is 19.6 Å². The minimum absolute atomic E-state index is 0.0873. The van der Waals surface area contributed by atoms with Crippen molar-refractivity contribution >= 4 is 0 Å². The second kappa shape index (κ2) is 7.22. The Kier molecular flexibility index (Phi) is 4.82. The van der Waals surface area contributed by atoms with Crippen LogP contribution < -0.4 is 0 Å². The molecule has 0 spiro atoms. The first-order chi connectivity index (χ1) is 12.2. The Morgan fingerprint density at radius 1 is 1.08 bits per heavy atom. The van der Waals surface area contributed by atoms with Gasteiger partial charge in [0, 0.05) is 51.2 Å². The van der Waals surface area contributed by atoms with Crippen LogP contribution in [0.1, 0.15) is 29.5 Å². The van der Waals surface area contributed by atoms with Gasteiger partial charge in [-0.05, 0) is 54.5 Å². The number of rotatable bonds is 4. The second-order valence-electron chi connectivity index (χ2n) is 7.61. The van der Waals surface area contributed by atoms with Crippen LogP contribution in [-0.4, -0.2) is 40.5 Å². The first kappa shape index (κ1) is 16.7. The van der Waals surface area contributed by atoms with Gasteiger partial charge in [0.15, 0.2) is 0 Å². The number of halogens is 1. The topological polar surface area (TPSA) is 19.4 Å². The van der Waals surface area contributed by atoms with E-state index in [0.29, 0.717) is 12.0 Å². The lowest BCUT2D eigenvalue weighted by Gasteiger charge is -2.36. The van der Waals surface area contributed by atoms with Gasteiger partial charge in [-0.2, -0.15) is 0 Å². The van der Waals surface area contributed by atoms with Crippen LogP contribution >= 0.6 is 0 Å². The van der Waals surface area contributed by atoms with Crippen molar-refractivity contribution in [2.45, 2.75) is 38.9 Å². The molecule has 0 aliphatic carbocycles. The highest BCUT2D eigenvalue weighted by atomic mass is 19.1. The number of pyridine rings is 1. The van der Waals surface area contributed by atoms with Gasteiger partial charge in [0.1, 0.15) is 5.82 Å². The molecule has 5 rings (SSSR count). The van der Waals surface area contributed by atoms with Crippen molar-refractivity contribution in [3.63, 3.8) is 0 Å². The molecule has 3 aliphatic heterocycles. The van der Waals surface area contributed by atoms with Crippen LogP contribution in [0.2, 0.25) is 0 Å². The Morgan fingerprint density at radius 3 is 2.84 bits per heavy atom. The predicted octanol–water partition coefficient (Wildman–Crippen LogP) is 3.63. The van der Waals surface area contributed by atoms with Gasteiger partial charge in [-0.15, -0.1) is 0 Å². The number of fused-ring (bicyclic) bond motifs is 4. The smallest absolute Gasteiger partial charge is 0.126 e. The summed E-state index contributed by atoms with van der Waals surface area (Å²) in [6.45, 7) is 7.13. The maximum atomic E-state index is 13.9. The van der Waals surface area contributed by atoms with Gasteiger partial charge in [-0.3, -0.25) is 14.8 Å². The van der Waals surface area contributed by atoms with Crippen LogP contribution in [0, 0.1) is 18.7 Å². The quantitative estimate of drug-likeness (QED) is 0.848. The monoisotopic (exact) mass is 339 g/mol. The van der Waals surface area contributed by atoms with Crippen LogP contribution in [0.3, 0.4) is 0 Å². The van der Waals surface area contributed by atoms with E-state index in [1.807, 2.05) is 31.5 Å². The maximum Gasteiger partial charge on any atom is 0.126 e. The Labute approximate surface area is 149 Å². The molecule has 0 radical (unpaired) electrons. The third kappa shape index (κ3) is 3.75. The molecule has 2 atom stereocenters. The molecular weight excluding hydrogens is 313 g/mol. The second-order valence-corrected chi connectivity index (χ2v) is 7.61. The Bertz CT molecular complexity index is 718. The van der Waals surface area contributed by atoms with E-state index in [4.69, 9.17) is 0 Å². The summed E-state index contributed by atoms with van der Waals surface area (Å²) in [5.74, 6) is 0.625. The lowest BCUT2D eigenvalue weighted by Crippen LogP contribution is -2.43. The fraction of sp³-hybridized carbons (Fsp3) is 0.476. The summed E-state index contributed by atoms with van der Waals surface area (Å²) in [5, 5.41) is 0. The van der Waals surface area contributed by atoms with E-state index < -0.39 is 0 Å². The lowest BCUT2D eigenvalue weighted by molar-refractivity contribution is 0.122. The van der Waals surface area contributed by atoms with Crippen molar-refractivity contribution in [2.24, 2.45) is 5.92 Å². The van der Waals surface area contributed by atoms with E-state index >= 15 is 0 Å². The average Bonchev–Trinajstić information content (AvgIpc) is 2.90. The number of hydrogen-bond donors (Lipinski definition) is 0. The first-order valence-electron chi connectivity index (χ1n) is 9.28. The Hall–Kier alpha value is -1.78. The van der Waals surface area contributed by atoms with Gasteiger partial charge in [0.25, 0.3) is 0 Å². The summed E-state index contributed by atoms with van der Waals surface area (Å²) in [6.07, 6.45) is 6.37. The molecular formula is C21H26FN3. The number of piperidine rings is 1. The van der Waals surface area contributed by atoms with Gasteiger partial charge in [0.2, 0.25) is 0 Å². The van der Waals surface area contributed by atoms with E-state index in [1.165, 1.54) is 18.4 Å². The first-order valence-corrected chi connectivity index (χ1v) is 9.28. The largest absolute Gasteiger partial charge is 0.297 e. The zero-order chi connectivity index (χ0) is 17.2. The third-order valence-corrected chi connectivity index (χ3v) is 5.78. The summed E-state index contributed by atoms with van der Waals surface area (Å²) < 4.78 is 13.9. The fourth-order valence-electron chi connectivity index (χ4n) is 4.39. The van der Waals surface area contributed by atoms with Crippen LogP contribution in [0.25, 0.3) is 0 Å². The van der Waals surface area contributed by atoms with E-state index in [0.717, 1.165) is 43.9 Å². The summed E-state index contributed by atoms with van der Waals surface area (Å²) >= 11 is 0. The van der Waals surface area contributed by atoms with Crippen LogP contribution in [0.5, 0.6) is 0 Å². The van der Waals surface area contributed by atoms with Crippen molar-refractivity contribution in [1.29, 1.82) is 0 Å². The van der Waals surface area contributed by atoms with Gasteiger partial charge >= 0.3 is 0 Å². The zero-order valence-electron chi connectivity index (χ0n) is 14.9. The van der Waals surface area contributed by atoms with Crippen LogP contribution in [0.15, 0.2) is 42.7 Å². The van der Waals surface area contributed by atoms with Gasteiger partial charge < -0.3 is 0 Å². The number of nitrogens with zero attached hydrogens (tertiary/aromatic N) is 3. The minimum Gasteiger partial charge on any atom is -0.297 e. The maximum absolute atomic E-state index is 13.9. The molecule has 1 aromatic carbocycles. The van der Waals surface area contributed by atoms with Crippen molar-refractivity contribution in [1.82, 2.24) is 14.8 Å². The van der Waals surface area contributed by atoms with Crippen molar-refractivity contribution in [3.05, 3.63) is 65.2 Å².